The maximum atomic E-state index is 5.05. The summed E-state index contributed by atoms with van der Waals surface area (Å²) < 4.78 is 0.536. The third-order valence-electron chi connectivity index (χ3n) is 1.14. The third kappa shape index (κ3) is 1.96. The monoisotopic (exact) mass is 133 g/mol. The van der Waals surface area contributed by atoms with Gasteiger partial charge in [0, 0.05) is 0 Å². The number of hydrogen-bond acceptors (Lipinski definition) is 1. The lowest BCUT2D eigenvalue weighted by atomic mass is 10.3. The molecule has 0 spiro atoms. The molecule has 1 saturated heterocycles. The van der Waals surface area contributed by atoms with Crippen molar-refractivity contribution in [2.75, 3.05) is 5.75 Å². The summed E-state index contributed by atoms with van der Waals surface area (Å²) >= 11 is 6.98. The van der Waals surface area contributed by atoms with Gasteiger partial charge in [-0.05, 0) is 18.6 Å². The number of hydrogen-bond donors (Lipinski definition) is 0. The van der Waals surface area contributed by atoms with Crippen LogP contribution in [0.1, 0.15) is 19.3 Å². The van der Waals surface area contributed by atoms with Crippen LogP contribution in [-0.4, -0.2) is 10.3 Å². The van der Waals surface area contributed by atoms with E-state index in [1.54, 1.807) is 0 Å². The van der Waals surface area contributed by atoms with E-state index in [0.717, 1.165) is 0 Å². The van der Waals surface area contributed by atoms with Gasteiger partial charge < -0.3 is 0 Å². The molecule has 2 heteroatoms. The van der Waals surface area contributed by atoms with E-state index in [-0.39, 0.29) is 0 Å². The highest BCUT2D eigenvalue weighted by atomic mass is 32.2. The Hall–Kier alpha value is 0.700. The van der Waals surface area contributed by atoms with E-state index >= 15 is 0 Å². The Morgan fingerprint density at radius 2 is 2.29 bits per heavy atom. The van der Waals surface area contributed by atoms with Crippen molar-refractivity contribution >= 4 is 24.4 Å². The fourth-order valence-corrected chi connectivity index (χ4v) is 2.13. The Labute approximate surface area is 54.5 Å². The molecule has 0 bridgehead atoms. The van der Waals surface area contributed by atoms with Crippen molar-refractivity contribution in [2.45, 2.75) is 23.8 Å². The van der Waals surface area contributed by atoms with Crippen LogP contribution >= 0.6 is 24.4 Å². The van der Waals surface area contributed by atoms with Crippen LogP contribution in [-0.2, 0) is 0 Å². The second-order valence-corrected chi connectivity index (χ2v) is 3.97. The fourth-order valence-electron chi connectivity index (χ4n) is 0.711. The van der Waals surface area contributed by atoms with E-state index < -0.39 is 0 Å². The summed E-state index contributed by atoms with van der Waals surface area (Å²) in [6.07, 6.45) is 4.01. The average molecular weight is 133 g/mol. The molecule has 1 heterocycles. The molecule has 0 saturated carbocycles. The van der Waals surface area contributed by atoms with Crippen molar-refractivity contribution in [1.82, 2.24) is 0 Å². The smallest absolute Gasteiger partial charge is 0.0606 e. The molecule has 1 rings (SSSR count). The molecule has 1 unspecified atom stereocenters. The molecule has 0 aromatic rings. The average Bonchev–Trinajstić information content (AvgIpc) is 1.69. The minimum atomic E-state index is 0.536. The van der Waals surface area contributed by atoms with Gasteiger partial charge in [0.25, 0.3) is 0 Å². The second-order valence-electron chi connectivity index (χ2n) is 1.80. The summed E-state index contributed by atoms with van der Waals surface area (Å²) in [5, 5.41) is 0. The maximum Gasteiger partial charge on any atom is 0.0606 e. The van der Waals surface area contributed by atoms with E-state index in [1.807, 2.05) is 11.8 Å². The van der Waals surface area contributed by atoms with Crippen LogP contribution < -0.4 is 0 Å². The molecule has 0 aromatic heterocycles. The number of thioether (sulfide) groups is 1. The molecule has 1 aliphatic rings. The lowest BCUT2D eigenvalue weighted by Crippen LogP contribution is -2.00. The van der Waals surface area contributed by atoms with Gasteiger partial charge in [0.15, 0.2) is 0 Å². The van der Waals surface area contributed by atoms with Gasteiger partial charge in [-0.1, -0.05) is 19.0 Å². The van der Waals surface area contributed by atoms with Crippen LogP contribution in [0, 0.1) is 0 Å². The molecule has 1 radical (unpaired) electrons. The highest BCUT2D eigenvalue weighted by molar-refractivity contribution is 8.10. The summed E-state index contributed by atoms with van der Waals surface area (Å²) in [5.74, 6) is 1.30. The van der Waals surface area contributed by atoms with Gasteiger partial charge in [0.1, 0.15) is 0 Å². The van der Waals surface area contributed by atoms with Crippen molar-refractivity contribution in [3.8, 4) is 0 Å². The zero-order chi connectivity index (χ0) is 5.11. The van der Waals surface area contributed by atoms with Crippen LogP contribution in [0.15, 0.2) is 0 Å². The first-order valence-corrected chi connectivity index (χ1v) is 4.19. The molecular weight excluding hydrogens is 124 g/mol. The van der Waals surface area contributed by atoms with Gasteiger partial charge in [-0.2, -0.15) is 0 Å². The van der Waals surface area contributed by atoms with E-state index in [2.05, 4.69) is 0 Å². The van der Waals surface area contributed by atoms with Crippen molar-refractivity contribution in [1.29, 1.82) is 0 Å². The Morgan fingerprint density at radius 1 is 1.43 bits per heavy atom. The minimum Gasteiger partial charge on any atom is -0.147 e. The van der Waals surface area contributed by atoms with Crippen LogP contribution in [0.5, 0.6) is 0 Å². The predicted octanol–water partition coefficient (Wildman–Crippen LogP) is 2.43. The lowest BCUT2D eigenvalue weighted by Gasteiger charge is -2.13. The Kier molecular flexibility index (Phi) is 2.40. The van der Waals surface area contributed by atoms with Gasteiger partial charge in [0.2, 0.25) is 0 Å². The normalized spacial score (nSPS) is 33.0. The fraction of sp³-hybridized carbons (Fsp3) is 1.00. The lowest BCUT2D eigenvalue weighted by molar-refractivity contribution is 0.749. The molecule has 1 atom stereocenters. The molecule has 0 amide bonds. The van der Waals surface area contributed by atoms with E-state index in [0.29, 0.717) is 4.58 Å². The van der Waals surface area contributed by atoms with Crippen LogP contribution in [0.2, 0.25) is 0 Å². The largest absolute Gasteiger partial charge is 0.147 e. The first-order valence-electron chi connectivity index (χ1n) is 2.67. The SMILES string of the molecule is [S]C1CCCCS1. The van der Waals surface area contributed by atoms with Crippen molar-refractivity contribution in [3.05, 3.63) is 0 Å². The quantitative estimate of drug-likeness (QED) is 0.489. The maximum absolute atomic E-state index is 5.05. The zero-order valence-corrected chi connectivity index (χ0v) is 5.86. The summed E-state index contributed by atoms with van der Waals surface area (Å²) in [6.45, 7) is 0. The van der Waals surface area contributed by atoms with Crippen LogP contribution in [0.3, 0.4) is 0 Å². The van der Waals surface area contributed by atoms with Gasteiger partial charge in [-0.15, -0.1) is 11.8 Å². The Balaban J connectivity index is 2.12. The Morgan fingerprint density at radius 3 is 2.57 bits per heavy atom. The summed E-state index contributed by atoms with van der Waals surface area (Å²) in [7, 11) is 0. The molecule has 1 aliphatic heterocycles. The van der Waals surface area contributed by atoms with E-state index in [9.17, 15) is 0 Å². The van der Waals surface area contributed by atoms with Crippen molar-refractivity contribution in [2.24, 2.45) is 0 Å². The first-order chi connectivity index (χ1) is 3.39. The van der Waals surface area contributed by atoms with Crippen molar-refractivity contribution in [3.63, 3.8) is 0 Å². The molecule has 1 fully saturated rings. The number of rotatable bonds is 0. The molecule has 41 valence electrons. The molecular formula is C5H9S2. The molecule has 0 N–H and O–H groups in total. The molecule has 0 aromatic carbocycles. The van der Waals surface area contributed by atoms with E-state index in [1.165, 1.54) is 25.0 Å². The molecule has 0 nitrogen and oxygen atoms in total. The summed E-state index contributed by atoms with van der Waals surface area (Å²) in [6, 6.07) is 0. The van der Waals surface area contributed by atoms with Crippen molar-refractivity contribution < 1.29 is 0 Å². The summed E-state index contributed by atoms with van der Waals surface area (Å²) in [5.41, 5.74) is 0. The zero-order valence-electron chi connectivity index (χ0n) is 4.22. The van der Waals surface area contributed by atoms with Crippen LogP contribution in [0.4, 0.5) is 0 Å². The van der Waals surface area contributed by atoms with Gasteiger partial charge >= 0.3 is 0 Å². The highest BCUT2D eigenvalue weighted by Crippen LogP contribution is 2.26. The second kappa shape index (κ2) is 2.88. The topological polar surface area (TPSA) is 0 Å². The predicted molar refractivity (Wildman–Crippen MR) is 37.7 cm³/mol. The van der Waals surface area contributed by atoms with Gasteiger partial charge in [-0.25, -0.2) is 0 Å². The first kappa shape index (κ1) is 5.83. The minimum absolute atomic E-state index is 0.536. The van der Waals surface area contributed by atoms with Crippen LogP contribution in [0.25, 0.3) is 0 Å². The van der Waals surface area contributed by atoms with Gasteiger partial charge in [0.05, 0.1) is 4.58 Å². The highest BCUT2D eigenvalue weighted by Gasteiger charge is 2.08. The third-order valence-corrected chi connectivity index (χ3v) is 2.91. The molecule has 0 aliphatic carbocycles. The Bertz CT molecular complexity index is 48.0. The summed E-state index contributed by atoms with van der Waals surface area (Å²) in [4.78, 5) is 0. The molecule has 7 heavy (non-hydrogen) atoms. The van der Waals surface area contributed by atoms with E-state index in [4.69, 9.17) is 12.6 Å². The van der Waals surface area contributed by atoms with Gasteiger partial charge in [-0.3, -0.25) is 0 Å². The standard InChI is InChI=1S/C5H9S2/c6-5-3-1-2-4-7-5/h5H,1-4H2.